The van der Waals surface area contributed by atoms with Gasteiger partial charge in [-0.1, -0.05) is 30.7 Å². The van der Waals surface area contributed by atoms with Crippen molar-refractivity contribution in [2.24, 2.45) is 0 Å². The van der Waals surface area contributed by atoms with Gasteiger partial charge in [-0.15, -0.1) is 11.3 Å². The van der Waals surface area contributed by atoms with Crippen molar-refractivity contribution in [3.8, 4) is 11.8 Å². The van der Waals surface area contributed by atoms with Gasteiger partial charge in [0.05, 0.1) is 16.8 Å². The molecule has 0 amide bonds. The molecule has 0 aliphatic rings. The summed E-state index contributed by atoms with van der Waals surface area (Å²) < 4.78 is 6.40. The van der Waals surface area contributed by atoms with Crippen molar-refractivity contribution in [1.29, 1.82) is 5.26 Å². The van der Waals surface area contributed by atoms with Gasteiger partial charge in [0.1, 0.15) is 18.5 Å². The summed E-state index contributed by atoms with van der Waals surface area (Å²) in [6.45, 7) is 4.46. The third-order valence-corrected chi connectivity index (χ3v) is 4.79. The number of nitriles is 1. The maximum absolute atomic E-state index is 10.2. The highest BCUT2D eigenvalue weighted by molar-refractivity contribution is 7.16. The Bertz CT molecular complexity index is 666. The summed E-state index contributed by atoms with van der Waals surface area (Å²) in [4.78, 5) is 3.34. The normalized spacial score (nSPS) is 12.1. The quantitative estimate of drug-likeness (QED) is 0.736. The number of likely N-dealkylation sites (N-methyl/N-ethyl adjacent to an activating group) is 1. The Morgan fingerprint density at radius 1 is 1.29 bits per heavy atom. The van der Waals surface area contributed by atoms with Crippen molar-refractivity contribution in [3.05, 3.63) is 51.2 Å². The van der Waals surface area contributed by atoms with Gasteiger partial charge in [-0.2, -0.15) is 5.26 Å². The van der Waals surface area contributed by atoms with Crippen LogP contribution in [-0.2, 0) is 13.0 Å². The Morgan fingerprint density at radius 3 is 2.62 bits per heavy atom. The molecule has 6 heteroatoms. The number of aliphatic hydroxyl groups is 1. The molecule has 0 aliphatic heterocycles. The van der Waals surface area contributed by atoms with E-state index in [-0.39, 0.29) is 6.61 Å². The van der Waals surface area contributed by atoms with Gasteiger partial charge in [0.25, 0.3) is 0 Å². The summed E-state index contributed by atoms with van der Waals surface area (Å²) >= 11 is 7.52. The highest BCUT2D eigenvalue weighted by Gasteiger charge is 2.13. The molecule has 2 rings (SSSR count). The van der Waals surface area contributed by atoms with Crippen LogP contribution in [0.1, 0.15) is 17.4 Å². The lowest BCUT2D eigenvalue weighted by molar-refractivity contribution is 0.0678. The van der Waals surface area contributed by atoms with Crippen LogP contribution >= 0.6 is 22.9 Å². The van der Waals surface area contributed by atoms with E-state index in [1.54, 1.807) is 11.3 Å². The minimum Gasteiger partial charge on any atom is -0.491 e. The predicted octanol–water partition coefficient (Wildman–Crippen LogP) is 3.73. The lowest BCUT2D eigenvalue weighted by Gasteiger charge is -2.23. The molecule has 1 N–H and O–H groups in total. The van der Waals surface area contributed by atoms with Crippen LogP contribution in [0.2, 0.25) is 4.34 Å². The number of aliphatic hydroxyl groups excluding tert-OH is 1. The van der Waals surface area contributed by atoms with E-state index in [0.29, 0.717) is 18.7 Å². The van der Waals surface area contributed by atoms with Gasteiger partial charge in [-0.3, -0.25) is 4.90 Å². The Kier molecular flexibility index (Phi) is 7.54. The highest BCUT2D eigenvalue weighted by atomic mass is 35.5. The Hall–Kier alpha value is -1.58. The molecule has 24 heavy (non-hydrogen) atoms. The molecule has 1 aromatic carbocycles. The number of ether oxygens (including phenoxy) is 1. The second-order valence-corrected chi connectivity index (χ2v) is 7.28. The maximum Gasteiger partial charge on any atom is 0.119 e. The first-order valence-corrected chi connectivity index (χ1v) is 9.03. The van der Waals surface area contributed by atoms with Crippen LogP contribution in [0.25, 0.3) is 0 Å². The largest absolute Gasteiger partial charge is 0.491 e. The van der Waals surface area contributed by atoms with E-state index in [0.717, 1.165) is 23.0 Å². The van der Waals surface area contributed by atoms with Gasteiger partial charge in [-0.25, -0.2) is 0 Å². The van der Waals surface area contributed by atoms with Gasteiger partial charge in [0, 0.05) is 18.0 Å². The lowest BCUT2D eigenvalue weighted by atomic mass is 10.2. The molecular weight excluding hydrogens is 344 g/mol. The Morgan fingerprint density at radius 2 is 2.04 bits per heavy atom. The highest BCUT2D eigenvalue weighted by Crippen LogP contribution is 2.22. The van der Waals surface area contributed by atoms with E-state index in [4.69, 9.17) is 21.6 Å². The number of halogens is 1. The van der Waals surface area contributed by atoms with Gasteiger partial charge >= 0.3 is 0 Å². The van der Waals surface area contributed by atoms with Crippen LogP contribution in [0.4, 0.5) is 0 Å². The SMILES string of the molecule is CCN(Cc1ccc(Cl)s1)C[C@@H](O)COc1ccc(CC#N)cc1. The Labute approximate surface area is 151 Å². The van der Waals surface area contributed by atoms with Gasteiger partial charge in [0.15, 0.2) is 0 Å². The molecule has 0 radical (unpaired) electrons. The molecule has 0 aliphatic carbocycles. The van der Waals surface area contributed by atoms with Crippen LogP contribution < -0.4 is 4.74 Å². The molecule has 0 fully saturated rings. The second-order valence-electron chi connectivity index (χ2n) is 5.48. The molecule has 0 unspecified atom stereocenters. The van der Waals surface area contributed by atoms with E-state index in [1.165, 1.54) is 4.88 Å². The first-order chi connectivity index (χ1) is 11.6. The third-order valence-electron chi connectivity index (χ3n) is 3.57. The van der Waals surface area contributed by atoms with Crippen molar-refractivity contribution in [3.63, 3.8) is 0 Å². The topological polar surface area (TPSA) is 56.5 Å². The minimum atomic E-state index is -0.570. The van der Waals surface area contributed by atoms with Crippen molar-refractivity contribution < 1.29 is 9.84 Å². The van der Waals surface area contributed by atoms with E-state index >= 15 is 0 Å². The van der Waals surface area contributed by atoms with Crippen LogP contribution in [0.5, 0.6) is 5.75 Å². The summed E-state index contributed by atoms with van der Waals surface area (Å²) in [5, 5.41) is 18.9. The molecule has 2 aromatic rings. The average Bonchev–Trinajstić information content (AvgIpc) is 2.99. The third kappa shape index (κ3) is 6.14. The first kappa shape index (κ1) is 18.8. The first-order valence-electron chi connectivity index (χ1n) is 7.84. The van der Waals surface area contributed by atoms with Gasteiger partial charge in [0.2, 0.25) is 0 Å². The average molecular weight is 365 g/mol. The smallest absolute Gasteiger partial charge is 0.119 e. The molecule has 128 valence electrons. The standard InChI is InChI=1S/C18H21ClN2O2S/c1-2-21(12-17-7-8-18(19)24-17)11-15(22)13-23-16-5-3-14(4-6-16)9-10-20/h3-8,15,22H,2,9,11-13H2,1H3/t15-/m1/s1. The number of hydrogen-bond acceptors (Lipinski definition) is 5. The van der Waals surface area contributed by atoms with Crippen LogP contribution in [-0.4, -0.2) is 35.8 Å². The number of thiophene rings is 1. The molecular formula is C18H21ClN2O2S. The van der Waals surface area contributed by atoms with Crippen molar-refractivity contribution in [1.82, 2.24) is 4.90 Å². The summed E-state index contributed by atoms with van der Waals surface area (Å²) in [7, 11) is 0. The van der Waals surface area contributed by atoms with Crippen molar-refractivity contribution >= 4 is 22.9 Å². The molecule has 0 spiro atoms. The summed E-state index contributed by atoms with van der Waals surface area (Å²) in [6.07, 6.45) is -0.180. The molecule has 1 aromatic heterocycles. The lowest BCUT2D eigenvalue weighted by Crippen LogP contribution is -2.35. The summed E-state index contributed by atoms with van der Waals surface area (Å²) in [5.41, 5.74) is 0.956. The maximum atomic E-state index is 10.2. The van der Waals surface area contributed by atoms with E-state index in [9.17, 15) is 5.11 Å². The van der Waals surface area contributed by atoms with Crippen LogP contribution in [0.15, 0.2) is 36.4 Å². The zero-order chi connectivity index (χ0) is 17.4. The Balaban J connectivity index is 1.78. The van der Waals surface area contributed by atoms with E-state index in [1.807, 2.05) is 36.4 Å². The zero-order valence-electron chi connectivity index (χ0n) is 13.6. The fourth-order valence-corrected chi connectivity index (χ4v) is 3.43. The van der Waals surface area contributed by atoms with Gasteiger partial charge in [-0.05, 0) is 36.4 Å². The molecule has 1 heterocycles. The van der Waals surface area contributed by atoms with Crippen LogP contribution in [0.3, 0.4) is 0 Å². The van der Waals surface area contributed by atoms with Crippen molar-refractivity contribution in [2.75, 3.05) is 19.7 Å². The fourth-order valence-electron chi connectivity index (χ4n) is 2.30. The number of nitrogens with zero attached hydrogens (tertiary/aromatic N) is 2. The van der Waals surface area contributed by atoms with E-state index in [2.05, 4.69) is 17.9 Å². The number of rotatable bonds is 9. The van der Waals surface area contributed by atoms with Crippen LogP contribution in [0, 0.1) is 11.3 Å². The summed E-state index contributed by atoms with van der Waals surface area (Å²) in [5.74, 6) is 0.698. The van der Waals surface area contributed by atoms with Crippen molar-refractivity contribution in [2.45, 2.75) is 26.0 Å². The zero-order valence-corrected chi connectivity index (χ0v) is 15.2. The van der Waals surface area contributed by atoms with E-state index < -0.39 is 6.10 Å². The van der Waals surface area contributed by atoms with Gasteiger partial charge < -0.3 is 9.84 Å². The number of hydrogen-bond donors (Lipinski definition) is 1. The molecule has 0 saturated heterocycles. The molecule has 0 bridgehead atoms. The molecule has 1 atom stereocenters. The molecule has 0 saturated carbocycles. The minimum absolute atomic E-state index is 0.235. The number of benzene rings is 1. The monoisotopic (exact) mass is 364 g/mol. The fraction of sp³-hybridized carbons (Fsp3) is 0.389. The summed E-state index contributed by atoms with van der Waals surface area (Å²) in [6, 6.07) is 13.4. The second kappa shape index (κ2) is 9.65. The molecule has 4 nitrogen and oxygen atoms in total. The predicted molar refractivity (Wildman–Crippen MR) is 97.5 cm³/mol.